The maximum atomic E-state index is 13.0. The number of anilines is 1. The number of benzene rings is 3. The number of nitrogens with one attached hydrogen (secondary N) is 1. The van der Waals surface area contributed by atoms with Gasteiger partial charge in [0.2, 0.25) is 0 Å². The summed E-state index contributed by atoms with van der Waals surface area (Å²) < 4.78 is 34.3. The van der Waals surface area contributed by atoms with Crippen molar-refractivity contribution in [3.05, 3.63) is 66.9 Å². The van der Waals surface area contributed by atoms with Crippen LogP contribution in [0.5, 0.6) is 11.5 Å². The summed E-state index contributed by atoms with van der Waals surface area (Å²) in [4.78, 5) is 0.531. The summed E-state index contributed by atoms with van der Waals surface area (Å²) in [5, 5.41) is 21.1. The fourth-order valence-electron chi connectivity index (χ4n) is 2.87. The quantitative estimate of drug-likeness (QED) is 0.221. The summed E-state index contributed by atoms with van der Waals surface area (Å²) in [6.07, 6.45) is 0. The molecule has 8 heteroatoms. The molecule has 0 atom stereocenters. The largest absolute Gasteiger partial charge is 0.512 e. The van der Waals surface area contributed by atoms with Crippen molar-refractivity contribution in [3.8, 4) is 11.5 Å². The van der Waals surface area contributed by atoms with Crippen molar-refractivity contribution >= 4 is 38.2 Å². The number of hydrogen-bond donors (Lipinski definition) is 3. The molecule has 0 aliphatic rings. The molecule has 0 aliphatic carbocycles. The average Bonchev–Trinajstić information content (AvgIpc) is 2.73. The van der Waals surface area contributed by atoms with Crippen LogP contribution in [0.3, 0.4) is 0 Å². The van der Waals surface area contributed by atoms with Crippen molar-refractivity contribution in [1.29, 1.82) is 0 Å². The number of rotatable bonds is 9. The third-order valence-electron chi connectivity index (χ3n) is 4.34. The monoisotopic (exact) mass is 459 g/mol. The highest BCUT2D eigenvalue weighted by Crippen LogP contribution is 2.40. The molecular weight excluding hydrogens is 434 g/mol. The van der Waals surface area contributed by atoms with E-state index in [9.17, 15) is 18.6 Å². The molecule has 0 saturated carbocycles. The molecule has 31 heavy (non-hydrogen) atoms. The van der Waals surface area contributed by atoms with Gasteiger partial charge in [0.25, 0.3) is 10.0 Å². The van der Waals surface area contributed by atoms with E-state index in [0.717, 1.165) is 11.8 Å². The minimum atomic E-state index is -3.88. The number of hydrogen-bond acceptors (Lipinski definition) is 6. The number of fused-ring (bicyclic) bond motifs is 1. The van der Waals surface area contributed by atoms with Gasteiger partial charge in [0.05, 0.1) is 33.6 Å². The van der Waals surface area contributed by atoms with Gasteiger partial charge in [-0.05, 0) is 36.2 Å². The maximum Gasteiger partial charge on any atom is 0.261 e. The summed E-state index contributed by atoms with van der Waals surface area (Å²) in [6.45, 7) is 8.06. The van der Waals surface area contributed by atoms with Crippen LogP contribution < -0.4 is 9.46 Å². The number of aromatic hydroxyl groups is 1. The minimum Gasteiger partial charge on any atom is -0.512 e. The molecule has 3 aromatic rings. The smallest absolute Gasteiger partial charge is 0.261 e. The molecule has 0 aliphatic heterocycles. The fourth-order valence-corrected chi connectivity index (χ4v) is 4.71. The molecular formula is C23H25NO5S2. The van der Waals surface area contributed by atoms with Crippen molar-refractivity contribution < 1.29 is 23.4 Å². The van der Waals surface area contributed by atoms with E-state index in [4.69, 9.17) is 4.74 Å². The van der Waals surface area contributed by atoms with Crippen LogP contribution in [0.1, 0.15) is 13.8 Å². The van der Waals surface area contributed by atoms with Crippen LogP contribution in [-0.2, 0) is 10.0 Å². The molecule has 0 fully saturated rings. The number of ether oxygens (including phenoxy) is 1. The predicted molar refractivity (Wildman–Crippen MR) is 126 cm³/mol. The van der Waals surface area contributed by atoms with Crippen molar-refractivity contribution in [1.82, 2.24) is 0 Å². The highest BCUT2D eigenvalue weighted by molar-refractivity contribution is 7.99. The lowest BCUT2D eigenvalue weighted by atomic mass is 10.1. The molecule has 0 radical (unpaired) electrons. The molecule has 3 aromatic carbocycles. The van der Waals surface area contributed by atoms with Gasteiger partial charge in [0.1, 0.15) is 11.5 Å². The van der Waals surface area contributed by atoms with E-state index < -0.39 is 10.0 Å². The molecule has 3 rings (SSSR count). The number of aliphatic hydroxyl groups excluding tert-OH is 1. The van der Waals surface area contributed by atoms with E-state index in [1.807, 2.05) is 13.8 Å². The maximum absolute atomic E-state index is 13.0. The molecule has 0 bridgehead atoms. The van der Waals surface area contributed by atoms with Gasteiger partial charge in [-0.3, -0.25) is 4.72 Å². The first kappa shape index (κ1) is 22.8. The van der Waals surface area contributed by atoms with Crippen LogP contribution >= 0.6 is 11.8 Å². The van der Waals surface area contributed by atoms with Crippen molar-refractivity contribution in [2.24, 2.45) is 5.92 Å². The van der Waals surface area contributed by atoms with Crippen molar-refractivity contribution in [2.75, 3.05) is 17.1 Å². The molecule has 6 nitrogen and oxygen atoms in total. The Morgan fingerprint density at radius 3 is 2.39 bits per heavy atom. The zero-order chi connectivity index (χ0) is 22.6. The lowest BCUT2D eigenvalue weighted by Gasteiger charge is -2.15. The fraction of sp³-hybridized carbons (Fsp3) is 0.217. The molecule has 164 valence electrons. The first-order chi connectivity index (χ1) is 14.7. The number of phenols is 1. The van der Waals surface area contributed by atoms with Gasteiger partial charge in [-0.1, -0.05) is 44.7 Å². The Morgan fingerprint density at radius 2 is 1.77 bits per heavy atom. The molecule has 0 amide bonds. The van der Waals surface area contributed by atoms with Gasteiger partial charge in [-0.25, -0.2) is 8.42 Å². The van der Waals surface area contributed by atoms with Crippen LogP contribution in [0.15, 0.2) is 76.7 Å². The van der Waals surface area contributed by atoms with Gasteiger partial charge < -0.3 is 14.9 Å². The zero-order valence-corrected chi connectivity index (χ0v) is 19.0. The van der Waals surface area contributed by atoms with Gasteiger partial charge in [-0.2, -0.15) is 0 Å². The van der Waals surface area contributed by atoms with Crippen LogP contribution in [0.2, 0.25) is 0 Å². The predicted octanol–water partition coefficient (Wildman–Crippen LogP) is 5.54. The van der Waals surface area contributed by atoms with E-state index in [2.05, 4.69) is 11.3 Å². The first-order valence-corrected chi connectivity index (χ1v) is 12.1. The van der Waals surface area contributed by atoms with Gasteiger partial charge in [0.15, 0.2) is 0 Å². The van der Waals surface area contributed by atoms with Gasteiger partial charge in [-0.15, -0.1) is 11.8 Å². The Bertz CT molecular complexity index is 1190. The van der Waals surface area contributed by atoms with E-state index >= 15 is 0 Å². The third kappa shape index (κ3) is 5.65. The second kappa shape index (κ2) is 9.53. The minimum absolute atomic E-state index is 0.0245. The number of sulfonamides is 1. The number of thioether (sulfide) groups is 1. The lowest BCUT2D eigenvalue weighted by Crippen LogP contribution is -2.13. The highest BCUT2D eigenvalue weighted by Gasteiger charge is 2.19. The molecule has 0 unspecified atom stereocenters. The molecule has 0 heterocycles. The normalized spacial score (nSPS) is 11.6. The van der Waals surface area contributed by atoms with Gasteiger partial charge in [0, 0.05) is 10.8 Å². The molecule has 0 saturated heterocycles. The van der Waals surface area contributed by atoms with E-state index in [0.29, 0.717) is 39.6 Å². The van der Waals surface area contributed by atoms with Crippen LogP contribution in [0, 0.1) is 5.92 Å². The van der Waals surface area contributed by atoms with E-state index in [1.54, 1.807) is 42.5 Å². The Kier molecular flexibility index (Phi) is 7.02. The standard InChI is InChI=1S/C23H25NO5S2/c1-15(2)13-29-17-8-10-18(11-9-17)31(27,28)24-21-12-22(30-14-16(3)25)23(26)20-7-5-4-6-19(20)21/h4-12,15,24-26H,3,13-14H2,1-2H3. The van der Waals surface area contributed by atoms with Crippen molar-refractivity contribution in [3.63, 3.8) is 0 Å². The van der Waals surface area contributed by atoms with Crippen molar-refractivity contribution in [2.45, 2.75) is 23.6 Å². The van der Waals surface area contributed by atoms with Crippen LogP contribution in [-0.4, -0.2) is 31.0 Å². The molecule has 3 N–H and O–H groups in total. The van der Waals surface area contributed by atoms with E-state index in [-0.39, 0.29) is 22.2 Å². The lowest BCUT2D eigenvalue weighted by molar-refractivity contribution is 0.271. The SMILES string of the molecule is C=C(O)CSc1cc(NS(=O)(=O)c2ccc(OCC(C)C)cc2)c2ccccc2c1O. The topological polar surface area (TPSA) is 95.9 Å². The number of aliphatic hydroxyl groups is 1. The molecule has 0 spiro atoms. The Morgan fingerprint density at radius 1 is 1.13 bits per heavy atom. The Balaban J connectivity index is 1.94. The summed E-state index contributed by atoms with van der Waals surface area (Å²) in [6, 6.07) is 14.8. The summed E-state index contributed by atoms with van der Waals surface area (Å²) in [5.41, 5.74) is 0.333. The highest BCUT2D eigenvalue weighted by atomic mass is 32.2. The Labute approximate surface area is 186 Å². The summed E-state index contributed by atoms with van der Waals surface area (Å²) >= 11 is 1.16. The summed E-state index contributed by atoms with van der Waals surface area (Å²) in [7, 11) is -3.88. The Hall–Kier alpha value is -2.84. The first-order valence-electron chi connectivity index (χ1n) is 9.67. The second-order valence-electron chi connectivity index (χ2n) is 7.45. The number of phenolic OH excluding ortho intramolecular Hbond substituents is 1. The van der Waals surface area contributed by atoms with E-state index in [1.165, 1.54) is 12.1 Å². The summed E-state index contributed by atoms with van der Waals surface area (Å²) in [5.74, 6) is 1.13. The zero-order valence-electron chi connectivity index (χ0n) is 17.3. The van der Waals surface area contributed by atoms with Crippen LogP contribution in [0.25, 0.3) is 10.8 Å². The second-order valence-corrected chi connectivity index (χ2v) is 10.2. The molecule has 0 aromatic heterocycles. The van der Waals surface area contributed by atoms with Gasteiger partial charge >= 0.3 is 0 Å². The average molecular weight is 460 g/mol. The third-order valence-corrected chi connectivity index (χ3v) is 6.82. The van der Waals surface area contributed by atoms with Crippen LogP contribution in [0.4, 0.5) is 5.69 Å².